The van der Waals surface area contributed by atoms with Gasteiger partial charge in [-0.05, 0) is 78.2 Å². The van der Waals surface area contributed by atoms with E-state index in [0.717, 1.165) is 54.6 Å². The largest absolute Gasteiger partial charge is 0.456 e. The molecule has 0 bridgehead atoms. The molecule has 0 N–H and O–H groups in total. The van der Waals surface area contributed by atoms with Gasteiger partial charge in [-0.25, -0.2) is 0 Å². The van der Waals surface area contributed by atoms with E-state index in [2.05, 4.69) is 6.07 Å². The van der Waals surface area contributed by atoms with Crippen molar-refractivity contribution in [3.63, 3.8) is 0 Å². The molecule has 0 radical (unpaired) electrons. The maximum atomic E-state index is 9.05. The second-order valence-electron chi connectivity index (χ2n) is 10.8. The number of fused-ring (bicyclic) bond motifs is 5. The molecule has 1 nitrogen and oxygen atoms in total. The second kappa shape index (κ2) is 10.4. The maximum Gasteiger partial charge on any atom is 0.136 e. The fourth-order valence-electron chi connectivity index (χ4n) is 6.68. The lowest BCUT2D eigenvalue weighted by molar-refractivity contribution is 0.669. The predicted molar refractivity (Wildman–Crippen MR) is 190 cm³/mol. The van der Waals surface area contributed by atoms with Crippen molar-refractivity contribution in [2.24, 2.45) is 0 Å². The van der Waals surface area contributed by atoms with E-state index >= 15 is 0 Å². The topological polar surface area (TPSA) is 13.1 Å². The lowest BCUT2D eigenvalue weighted by Crippen LogP contribution is -1.95. The quantitative estimate of drug-likeness (QED) is 0.188. The average molecular weight is 583 g/mol. The third-order valence-electron chi connectivity index (χ3n) is 8.46. The normalized spacial score (nSPS) is 14.7. The van der Waals surface area contributed by atoms with Gasteiger partial charge >= 0.3 is 0 Å². The summed E-state index contributed by atoms with van der Waals surface area (Å²) in [5, 5.41) is 5.08. The summed E-state index contributed by atoms with van der Waals surface area (Å²) in [5.41, 5.74) is 4.71. The fourth-order valence-corrected chi connectivity index (χ4v) is 6.68. The fraction of sp³-hybridized carbons (Fsp3) is 0. The molecule has 0 saturated carbocycles. The molecular weight excluding hydrogens is 544 g/mol. The first-order valence-electron chi connectivity index (χ1n) is 19.6. The van der Waals surface area contributed by atoms with E-state index in [9.17, 15) is 0 Å². The first-order chi connectivity index (χ1) is 26.5. The highest BCUT2D eigenvalue weighted by atomic mass is 16.3. The summed E-state index contributed by atoms with van der Waals surface area (Å²) >= 11 is 0. The molecule has 210 valence electrons. The third kappa shape index (κ3) is 4.02. The predicted octanol–water partition coefficient (Wildman–Crippen LogP) is 12.6. The van der Waals surface area contributed by atoms with Crippen LogP contribution < -0.4 is 0 Å². The number of rotatable bonds is 4. The molecule has 0 unspecified atom stereocenters. The van der Waals surface area contributed by atoms with Gasteiger partial charge in [0.05, 0.1) is 13.7 Å². The molecular formula is C44H28O. The van der Waals surface area contributed by atoms with Crippen LogP contribution in [0.3, 0.4) is 0 Å². The van der Waals surface area contributed by atoms with Crippen LogP contribution in [0.25, 0.3) is 88.0 Å². The van der Waals surface area contributed by atoms with E-state index in [1.54, 1.807) is 18.2 Å². The van der Waals surface area contributed by atoms with Crippen LogP contribution in [0.15, 0.2) is 174 Å². The molecule has 0 spiro atoms. The third-order valence-corrected chi connectivity index (χ3v) is 8.46. The molecule has 9 aromatic rings. The van der Waals surface area contributed by atoms with Crippen molar-refractivity contribution in [1.29, 1.82) is 0 Å². The average Bonchev–Trinajstić information content (AvgIpc) is 3.59. The van der Waals surface area contributed by atoms with Gasteiger partial charge in [0.25, 0.3) is 0 Å². The van der Waals surface area contributed by atoms with E-state index in [1.807, 2.05) is 84.9 Å². The molecule has 0 amide bonds. The Bertz CT molecular complexity index is 2910. The molecule has 0 aliphatic rings. The van der Waals surface area contributed by atoms with Crippen LogP contribution in [-0.2, 0) is 0 Å². The first-order valence-corrected chi connectivity index (χ1v) is 14.6. The Kier molecular flexibility index (Phi) is 4.01. The van der Waals surface area contributed by atoms with Gasteiger partial charge < -0.3 is 4.42 Å². The van der Waals surface area contributed by atoms with Gasteiger partial charge in [0, 0.05) is 10.8 Å². The summed E-state index contributed by atoms with van der Waals surface area (Å²) < 4.78 is 93.4. The minimum absolute atomic E-state index is 0.0675. The number of hydrogen-bond acceptors (Lipinski definition) is 1. The van der Waals surface area contributed by atoms with Gasteiger partial charge in [-0.3, -0.25) is 0 Å². The summed E-state index contributed by atoms with van der Waals surface area (Å²) in [6, 6.07) is 29.6. The van der Waals surface area contributed by atoms with E-state index in [1.165, 1.54) is 0 Å². The lowest BCUT2D eigenvalue weighted by atomic mass is 9.80. The van der Waals surface area contributed by atoms with E-state index in [4.69, 9.17) is 18.1 Å². The Morgan fingerprint density at radius 2 is 0.800 bits per heavy atom. The molecule has 0 aliphatic carbocycles. The lowest BCUT2D eigenvalue weighted by Gasteiger charge is -2.22. The molecule has 45 heavy (non-hydrogen) atoms. The van der Waals surface area contributed by atoms with Crippen molar-refractivity contribution in [2.75, 3.05) is 0 Å². The van der Waals surface area contributed by atoms with Crippen molar-refractivity contribution in [3.8, 4) is 44.5 Å². The molecule has 1 aromatic heterocycles. The standard InChI is InChI=1S/C44H28O/c1-3-15-29(16-4-1)31-24-13-25-32(30-17-5-2-6-18-30)43(31)44-35-21-9-7-19-33(35)41(34-20-8-10-22-36(34)44)38-26-14-28-40-42(38)37-23-11-12-27-39(37)45-40/h1-28H/i1D,2D,3D,4D,5D,6D,15D,16D,17D,18D. The van der Waals surface area contributed by atoms with Gasteiger partial charge in [0.2, 0.25) is 0 Å². The molecule has 8 aromatic carbocycles. The molecule has 0 atom stereocenters. The zero-order chi connectivity index (χ0) is 38.4. The van der Waals surface area contributed by atoms with Crippen LogP contribution in [0.4, 0.5) is 0 Å². The molecule has 0 fully saturated rings. The van der Waals surface area contributed by atoms with Gasteiger partial charge in [0.1, 0.15) is 11.2 Å². The number of para-hydroxylation sites is 1. The molecule has 1 heteroatoms. The van der Waals surface area contributed by atoms with Crippen LogP contribution >= 0.6 is 0 Å². The zero-order valence-electron chi connectivity index (χ0n) is 33.8. The van der Waals surface area contributed by atoms with Crippen molar-refractivity contribution in [3.05, 3.63) is 170 Å². The number of furan rings is 1. The van der Waals surface area contributed by atoms with E-state index in [-0.39, 0.29) is 22.3 Å². The Morgan fingerprint density at radius 3 is 1.38 bits per heavy atom. The van der Waals surface area contributed by atoms with Crippen LogP contribution in [0.1, 0.15) is 13.7 Å². The van der Waals surface area contributed by atoms with Crippen LogP contribution in [-0.4, -0.2) is 0 Å². The van der Waals surface area contributed by atoms with Crippen LogP contribution in [0.2, 0.25) is 0 Å². The highest BCUT2D eigenvalue weighted by Crippen LogP contribution is 2.50. The summed E-state index contributed by atoms with van der Waals surface area (Å²) in [5.74, 6) is 0. The Morgan fingerprint density at radius 1 is 0.356 bits per heavy atom. The van der Waals surface area contributed by atoms with E-state index in [0.29, 0.717) is 11.1 Å². The monoisotopic (exact) mass is 582 g/mol. The van der Waals surface area contributed by atoms with Crippen LogP contribution in [0, 0.1) is 0 Å². The second-order valence-corrected chi connectivity index (χ2v) is 10.8. The molecule has 1 heterocycles. The van der Waals surface area contributed by atoms with Crippen LogP contribution in [0.5, 0.6) is 0 Å². The van der Waals surface area contributed by atoms with Gasteiger partial charge in [-0.15, -0.1) is 0 Å². The first kappa shape index (κ1) is 17.4. The highest BCUT2D eigenvalue weighted by molar-refractivity contribution is 6.27. The van der Waals surface area contributed by atoms with Crippen molar-refractivity contribution in [1.82, 2.24) is 0 Å². The molecule has 9 rings (SSSR count). The van der Waals surface area contributed by atoms with Crippen molar-refractivity contribution in [2.45, 2.75) is 0 Å². The van der Waals surface area contributed by atoms with Gasteiger partial charge in [-0.1, -0.05) is 157 Å². The molecule has 0 aliphatic heterocycles. The van der Waals surface area contributed by atoms with Gasteiger partial charge in [-0.2, -0.15) is 0 Å². The number of benzene rings is 8. The minimum atomic E-state index is -0.539. The summed E-state index contributed by atoms with van der Waals surface area (Å²) in [7, 11) is 0. The minimum Gasteiger partial charge on any atom is -0.456 e. The maximum absolute atomic E-state index is 9.05. The number of hydrogen-bond donors (Lipinski definition) is 0. The zero-order valence-corrected chi connectivity index (χ0v) is 23.8. The Labute approximate surface area is 275 Å². The van der Waals surface area contributed by atoms with Gasteiger partial charge in [0.15, 0.2) is 0 Å². The Balaban J connectivity index is 1.52. The SMILES string of the molecule is [2H]c1c([2H])c([2H])c(-c2cccc(-c3c([2H])c([2H])c([2H])c([2H])c3[2H])c2-c2c3ccccc3c(-c3cccc4oc5ccccc5c34)c3ccccc23)c([2H])c1[2H]. The highest BCUT2D eigenvalue weighted by Gasteiger charge is 2.23. The molecule has 0 saturated heterocycles. The summed E-state index contributed by atoms with van der Waals surface area (Å²) in [6.07, 6.45) is 0. The summed E-state index contributed by atoms with van der Waals surface area (Å²) in [4.78, 5) is 0. The summed E-state index contributed by atoms with van der Waals surface area (Å²) in [6.45, 7) is 0. The van der Waals surface area contributed by atoms with Crippen molar-refractivity contribution < 1.29 is 18.1 Å². The Hall–Kier alpha value is -5.92. The smallest absolute Gasteiger partial charge is 0.136 e. The van der Waals surface area contributed by atoms with E-state index < -0.39 is 60.4 Å². The van der Waals surface area contributed by atoms with Crippen molar-refractivity contribution >= 4 is 43.5 Å².